The van der Waals surface area contributed by atoms with Gasteiger partial charge in [-0.2, -0.15) is 0 Å². The molecule has 38 nitrogen and oxygen atoms in total. The van der Waals surface area contributed by atoms with Crippen molar-refractivity contribution >= 4 is 47.4 Å². The molecule has 0 radical (unpaired) electrons. The Labute approximate surface area is 574 Å². The second-order valence-corrected chi connectivity index (χ2v) is 24.9. The average molecular weight is 1430 g/mol. The molecular weight excluding hydrogens is 1350 g/mol. The average Bonchev–Trinajstić information content (AvgIpc) is 1.64. The topological polar surface area (TPSA) is 594 Å². The van der Waals surface area contributed by atoms with E-state index in [0.717, 1.165) is 11.0 Å². The molecule has 6 amide bonds. The molecule has 0 aromatic heterocycles. The van der Waals surface area contributed by atoms with Crippen LogP contribution in [-0.4, -0.2) is 318 Å². The highest BCUT2D eigenvalue weighted by Gasteiger charge is 2.54. The summed E-state index contributed by atoms with van der Waals surface area (Å²) in [5.41, 5.74) is 13.2. The van der Waals surface area contributed by atoms with E-state index in [1.807, 2.05) is 0 Å². The summed E-state index contributed by atoms with van der Waals surface area (Å²) in [6.07, 6.45) is -32.0. The number of methoxy groups -OCH3 is 1. The van der Waals surface area contributed by atoms with Crippen molar-refractivity contribution in [3.63, 3.8) is 0 Å². The van der Waals surface area contributed by atoms with Crippen LogP contribution in [0.15, 0.2) is 82.8 Å². The summed E-state index contributed by atoms with van der Waals surface area (Å²) in [6, 6.07) is 4.74. The minimum atomic E-state index is -2.36. The third kappa shape index (κ3) is 17.8. The van der Waals surface area contributed by atoms with Gasteiger partial charge in [0, 0.05) is 12.3 Å². The van der Waals surface area contributed by atoms with E-state index in [2.05, 4.69) is 47.2 Å². The first-order valence-electron chi connectivity index (χ1n) is 32.1. The second kappa shape index (κ2) is 34.2. The number of guanidine groups is 2. The van der Waals surface area contributed by atoms with Gasteiger partial charge in [-0.1, -0.05) is 55.5 Å². The van der Waals surface area contributed by atoms with Crippen molar-refractivity contribution in [1.29, 1.82) is 0 Å². The molecule has 4 fully saturated rings. The first kappa shape index (κ1) is 77.0. The van der Waals surface area contributed by atoms with Crippen LogP contribution >= 0.6 is 0 Å². The van der Waals surface area contributed by atoms with E-state index < -0.39 is 246 Å². The number of nitrogens with zero attached hydrogens (tertiary/aromatic N) is 3. The fourth-order valence-corrected chi connectivity index (χ4v) is 12.3. The Morgan fingerprint density at radius 2 is 1.23 bits per heavy atom. The zero-order valence-corrected chi connectivity index (χ0v) is 54.2. The van der Waals surface area contributed by atoms with Gasteiger partial charge in [-0.3, -0.25) is 38.8 Å². The lowest BCUT2D eigenvalue weighted by atomic mass is 9.92. The lowest BCUT2D eigenvalue weighted by Gasteiger charge is -2.46. The van der Waals surface area contributed by atoms with Gasteiger partial charge in [0.2, 0.25) is 41.7 Å². The molecule has 24 N–H and O–H groups in total. The number of nitrogens with two attached hydrogens (primary N) is 2. The van der Waals surface area contributed by atoms with Gasteiger partial charge >= 0.3 is 0 Å². The Hall–Kier alpha value is -8.17. The van der Waals surface area contributed by atoms with Crippen molar-refractivity contribution in [3.8, 4) is 11.5 Å². The molecule has 101 heavy (non-hydrogen) atoms. The predicted octanol–water partition coefficient (Wildman–Crippen LogP) is -11.2. The van der Waals surface area contributed by atoms with Gasteiger partial charge in [0.15, 0.2) is 36.0 Å². The Kier molecular flexibility index (Phi) is 26.1. The highest BCUT2D eigenvalue weighted by atomic mass is 19.1. The van der Waals surface area contributed by atoms with E-state index in [0.29, 0.717) is 11.1 Å². The number of aliphatic hydroxyl groups excluding tert-OH is 13. The maximum atomic E-state index is 15.2. The molecule has 0 spiro atoms. The summed E-state index contributed by atoms with van der Waals surface area (Å²) in [7, 11) is 1.29. The molecule has 25 atom stereocenters. The molecule has 6 aliphatic heterocycles. The largest absolute Gasteiger partial charge is 0.494 e. The maximum absolute atomic E-state index is 15.2. The molecule has 4 saturated heterocycles. The van der Waals surface area contributed by atoms with Gasteiger partial charge in [0.05, 0.1) is 71.9 Å². The van der Waals surface area contributed by atoms with Crippen LogP contribution < -0.4 is 58.2 Å². The lowest BCUT2D eigenvalue weighted by Crippen LogP contribution is -2.70. The zero-order valence-electron chi connectivity index (χ0n) is 54.2. The van der Waals surface area contributed by atoms with Crippen LogP contribution in [0.4, 0.5) is 4.39 Å². The van der Waals surface area contributed by atoms with Gasteiger partial charge < -0.3 is 153 Å². The number of benzene rings is 3. The summed E-state index contributed by atoms with van der Waals surface area (Å²) < 4.78 is 53.9. The third-order valence-corrected chi connectivity index (χ3v) is 18.1. The number of ether oxygens (including phenoxy) is 7. The van der Waals surface area contributed by atoms with Crippen LogP contribution in [-0.2, 0) is 65.5 Å². The van der Waals surface area contributed by atoms with Crippen LogP contribution in [0.1, 0.15) is 29.5 Å². The molecule has 0 unspecified atom stereocenters. The van der Waals surface area contributed by atoms with Crippen LogP contribution in [0.25, 0.3) is 0 Å². The van der Waals surface area contributed by atoms with E-state index >= 15 is 9.59 Å². The fourth-order valence-electron chi connectivity index (χ4n) is 12.3. The molecule has 6 heterocycles. The summed E-state index contributed by atoms with van der Waals surface area (Å²) in [4.78, 5) is 96.5. The summed E-state index contributed by atoms with van der Waals surface area (Å²) in [5, 5.41) is 160. The molecule has 0 aliphatic carbocycles. The van der Waals surface area contributed by atoms with Gasteiger partial charge in [-0.25, -0.2) is 4.39 Å². The first-order valence-corrected chi connectivity index (χ1v) is 32.1. The SMILES string of the molecule is COc1ccc(COC[C@H]2O[C@H](O[C@H]3[C@H](O)[C@H](O)[C@@H](Oc4ccc(C[C@H]5NC(=O)[C@H]([C@@H](C)c6ccccc6)NC(=O)CNC(=O)[C@H](CO)NC(=O)[C@@H]([C@@H](O)[C@@H]6CN=C(N)N6[C@H]6O[C@H](CO)[C@@H](O)[C@H](O)[C@@H]6O)NC(=O)[C@H]([C@@H](O)[C@@H]6CN=C(N)N6)NC5=O)cc4)O[C@@H]3CO)[C@@H](O)[C@@H](O)[C@@H]2O)cc1F. The van der Waals surface area contributed by atoms with E-state index in [1.54, 1.807) is 37.3 Å². The molecule has 39 heteroatoms. The molecule has 3 aromatic rings. The Balaban J connectivity index is 0.973. The van der Waals surface area contributed by atoms with Crippen LogP contribution in [0.2, 0.25) is 0 Å². The van der Waals surface area contributed by atoms with E-state index in [9.17, 15) is 90.0 Å². The number of nitrogens with one attached hydrogen (secondary N) is 7. The molecule has 6 aliphatic rings. The molecule has 9 rings (SSSR count). The van der Waals surface area contributed by atoms with E-state index in [4.69, 9.17) is 44.6 Å². The number of carbonyl (C=O) groups is 6. The lowest BCUT2D eigenvalue weighted by molar-refractivity contribution is -0.353. The number of aliphatic hydroxyl groups is 13. The molecule has 3 aromatic carbocycles. The standard InChI is InChI=1S/C62H85FN12O26/c1-24(27-6-4-3-5-7-27)39-55(92)69-30(15-25-8-11-28(12-9-25)97-59-51(89)48(86)52(36(21-78)99-59)101-60-50(88)47(85)45(83)37(100-60)23-96-22-26-10-13-34(95-2)29(63)14-26)54(91)73-40(42(80)31-16-67-61(64)71-31)57(94)74-41(56(93)70-32(19-76)53(90)66-18-38(79)72-39)43(81)33-17-68-62(65)75(33)58-49(87)46(84)44(82)35(20-77)98-58/h3-14,24,30-33,35-37,39-52,58-60,76-78,80-89H,15-23H2,1-2H3,(H2,65,68)(H,66,90)(H,69,92)(H,70,93)(H,72,79)(H,73,91)(H,74,94)(H3,64,67,71)/t24-,30+,31-,32-,33-,35+,36+,37+,39-,40-,41+,42-,43-,44+,45+,46-,47-,48+,49-,50-,51-,52+,58-,59-,60+/m0/s1. The minimum Gasteiger partial charge on any atom is -0.494 e. The molecule has 556 valence electrons. The van der Waals surface area contributed by atoms with E-state index in [1.165, 1.54) is 43.5 Å². The fraction of sp³-hybridized carbons (Fsp3) is 0.581. The monoisotopic (exact) mass is 1430 g/mol. The normalized spacial score (nSPS) is 35.0. The molecule has 0 saturated carbocycles. The highest BCUT2D eigenvalue weighted by molar-refractivity contribution is 5.98. The van der Waals surface area contributed by atoms with Crippen molar-refractivity contribution in [2.24, 2.45) is 21.5 Å². The number of amides is 6. The highest BCUT2D eigenvalue weighted by Crippen LogP contribution is 2.33. The Bertz CT molecular complexity index is 3410. The smallest absolute Gasteiger partial charge is 0.246 e. The van der Waals surface area contributed by atoms with Gasteiger partial charge in [0.25, 0.3) is 0 Å². The number of aliphatic imine (C=N–C) groups is 2. The molecule has 0 bridgehead atoms. The van der Waals surface area contributed by atoms with Crippen molar-refractivity contribution in [3.05, 3.63) is 95.3 Å². The maximum Gasteiger partial charge on any atom is 0.246 e. The van der Waals surface area contributed by atoms with Crippen LogP contribution in [0.5, 0.6) is 11.5 Å². The summed E-state index contributed by atoms with van der Waals surface area (Å²) in [5.74, 6) is -9.77. The first-order chi connectivity index (χ1) is 48.2. The predicted molar refractivity (Wildman–Crippen MR) is 339 cm³/mol. The van der Waals surface area contributed by atoms with Crippen LogP contribution in [0.3, 0.4) is 0 Å². The van der Waals surface area contributed by atoms with Crippen molar-refractivity contribution in [2.45, 2.75) is 172 Å². The number of halogens is 1. The number of hydrogen-bond donors (Lipinski definition) is 22. The van der Waals surface area contributed by atoms with Crippen molar-refractivity contribution in [2.75, 3.05) is 53.2 Å². The number of hydrogen-bond acceptors (Lipinski definition) is 32. The van der Waals surface area contributed by atoms with Gasteiger partial charge in [0.1, 0.15) is 121 Å². The van der Waals surface area contributed by atoms with Gasteiger partial charge in [-0.05, 0) is 41.0 Å². The zero-order chi connectivity index (χ0) is 73.3. The minimum absolute atomic E-state index is 0.0148. The van der Waals surface area contributed by atoms with Gasteiger partial charge in [-0.15, -0.1) is 0 Å². The number of rotatable bonds is 21. The van der Waals surface area contributed by atoms with E-state index in [-0.39, 0.29) is 36.2 Å². The van der Waals surface area contributed by atoms with Crippen molar-refractivity contribution < 1.29 is 133 Å². The van der Waals surface area contributed by atoms with Crippen LogP contribution in [0, 0.1) is 5.82 Å². The quantitative estimate of drug-likeness (QED) is 0.0471. The summed E-state index contributed by atoms with van der Waals surface area (Å²) >= 11 is 0. The number of carbonyl (C=O) groups excluding carboxylic acids is 6. The Morgan fingerprint density at radius 3 is 1.88 bits per heavy atom. The second-order valence-electron chi connectivity index (χ2n) is 24.9. The van der Waals surface area contributed by atoms with Crippen molar-refractivity contribution in [1.82, 2.24) is 42.1 Å². The Morgan fingerprint density at radius 1 is 0.614 bits per heavy atom. The summed E-state index contributed by atoms with van der Waals surface area (Å²) in [6.45, 7) is -3.85. The molecular formula is C62H85FN12O26. The third-order valence-electron chi connectivity index (χ3n) is 18.1.